The number of carbonyl (C=O) groups excluding carboxylic acids is 1. The van der Waals surface area contributed by atoms with Crippen LogP contribution in [0.15, 0.2) is 97.1 Å². The Bertz CT molecular complexity index is 1610. The van der Waals surface area contributed by atoms with Crippen LogP contribution in [0.5, 0.6) is 5.75 Å². The first-order valence-electron chi connectivity index (χ1n) is 14.4. The molecule has 0 fully saturated rings. The smallest absolute Gasteiger partial charge is 0.339 e. The van der Waals surface area contributed by atoms with E-state index >= 15 is 0 Å². The number of para-hydroxylation sites is 1. The molecule has 41 heavy (non-hydrogen) atoms. The minimum absolute atomic E-state index is 0.314. The highest BCUT2D eigenvalue weighted by molar-refractivity contribution is 5.97. The van der Waals surface area contributed by atoms with Crippen LogP contribution in [0.1, 0.15) is 67.8 Å². The van der Waals surface area contributed by atoms with Gasteiger partial charge in [0.15, 0.2) is 0 Å². The van der Waals surface area contributed by atoms with Gasteiger partial charge in [-0.05, 0) is 67.6 Å². The van der Waals surface area contributed by atoms with Crippen LogP contribution in [-0.4, -0.2) is 21.1 Å². The Morgan fingerprint density at radius 1 is 0.829 bits per heavy atom. The third-order valence-electron chi connectivity index (χ3n) is 6.95. The first kappa shape index (κ1) is 28.2. The Morgan fingerprint density at radius 2 is 1.56 bits per heavy atom. The highest BCUT2D eigenvalue weighted by atomic mass is 16.6. The largest absolute Gasteiger partial charge is 0.487 e. The molecule has 0 atom stereocenters. The number of hydrogen-bond acceptors (Lipinski definition) is 4. The van der Waals surface area contributed by atoms with Crippen molar-refractivity contribution in [2.75, 3.05) is 0 Å². The molecule has 0 spiro atoms. The van der Waals surface area contributed by atoms with Crippen LogP contribution < -0.4 is 4.74 Å². The summed E-state index contributed by atoms with van der Waals surface area (Å²) in [5.74, 6) is 1.59. The first-order valence-corrected chi connectivity index (χ1v) is 14.4. The number of fused-ring (bicyclic) bond motifs is 1. The maximum atomic E-state index is 12.9. The molecule has 0 saturated carbocycles. The summed E-state index contributed by atoms with van der Waals surface area (Å²) in [6.45, 7) is 9.03. The van der Waals surface area contributed by atoms with Crippen molar-refractivity contribution in [1.82, 2.24) is 9.55 Å². The van der Waals surface area contributed by atoms with Crippen LogP contribution in [-0.2, 0) is 24.3 Å². The van der Waals surface area contributed by atoms with E-state index in [2.05, 4.69) is 54.0 Å². The predicted molar refractivity (Wildman–Crippen MR) is 165 cm³/mol. The molecule has 0 bridgehead atoms. The summed E-state index contributed by atoms with van der Waals surface area (Å²) in [6.07, 6.45) is 3.08. The van der Waals surface area contributed by atoms with E-state index in [0.29, 0.717) is 18.7 Å². The van der Waals surface area contributed by atoms with E-state index in [1.807, 2.05) is 75.4 Å². The lowest BCUT2D eigenvalue weighted by Crippen LogP contribution is -2.24. The normalized spacial score (nSPS) is 11.5. The van der Waals surface area contributed by atoms with Crippen molar-refractivity contribution in [2.24, 2.45) is 0 Å². The molecule has 0 amide bonds. The lowest BCUT2D eigenvalue weighted by Gasteiger charge is -2.20. The van der Waals surface area contributed by atoms with Crippen molar-refractivity contribution in [3.05, 3.63) is 120 Å². The Balaban J connectivity index is 1.45. The summed E-state index contributed by atoms with van der Waals surface area (Å²) in [4.78, 5) is 17.9. The van der Waals surface area contributed by atoms with Gasteiger partial charge in [-0.2, -0.15) is 0 Å². The van der Waals surface area contributed by atoms with E-state index in [4.69, 9.17) is 14.5 Å². The lowest BCUT2D eigenvalue weighted by atomic mass is 9.98. The quantitative estimate of drug-likeness (QED) is 0.165. The van der Waals surface area contributed by atoms with E-state index in [1.165, 1.54) is 0 Å². The number of aryl methyl sites for hydroxylation is 1. The zero-order valence-electron chi connectivity index (χ0n) is 24.4. The van der Waals surface area contributed by atoms with Crippen molar-refractivity contribution < 1.29 is 14.3 Å². The van der Waals surface area contributed by atoms with Gasteiger partial charge in [-0.15, -0.1) is 0 Å². The summed E-state index contributed by atoms with van der Waals surface area (Å²) in [7, 11) is 0. The molecular formula is C36H38N2O3. The van der Waals surface area contributed by atoms with E-state index in [0.717, 1.165) is 64.1 Å². The highest BCUT2D eigenvalue weighted by Gasteiger charge is 2.21. The van der Waals surface area contributed by atoms with Crippen molar-refractivity contribution >= 4 is 17.0 Å². The average Bonchev–Trinajstić information content (AvgIpc) is 3.32. The molecule has 1 heterocycles. The Morgan fingerprint density at radius 3 is 2.29 bits per heavy atom. The molecule has 1 aromatic heterocycles. The summed E-state index contributed by atoms with van der Waals surface area (Å²) in [5.41, 5.74) is 6.10. The maximum absolute atomic E-state index is 12.9. The van der Waals surface area contributed by atoms with Crippen LogP contribution in [0.4, 0.5) is 0 Å². The number of aromatic nitrogens is 2. The molecule has 0 aliphatic carbocycles. The second-order valence-corrected chi connectivity index (χ2v) is 11.4. The summed E-state index contributed by atoms with van der Waals surface area (Å²) in [6, 6.07) is 32.4. The third kappa shape index (κ3) is 6.86. The Hall–Kier alpha value is -4.38. The zero-order valence-corrected chi connectivity index (χ0v) is 24.4. The minimum Gasteiger partial charge on any atom is -0.487 e. The fraction of sp³-hybridized carbons (Fsp3) is 0.278. The number of hydrogen-bond donors (Lipinski definition) is 0. The van der Waals surface area contributed by atoms with Gasteiger partial charge in [0.1, 0.15) is 29.3 Å². The number of imidazole rings is 1. The van der Waals surface area contributed by atoms with Gasteiger partial charge in [0.25, 0.3) is 0 Å². The van der Waals surface area contributed by atoms with Crippen LogP contribution in [0, 0.1) is 0 Å². The number of benzene rings is 4. The van der Waals surface area contributed by atoms with Crippen molar-refractivity contribution in [1.29, 1.82) is 0 Å². The predicted octanol–water partition coefficient (Wildman–Crippen LogP) is 8.63. The van der Waals surface area contributed by atoms with Gasteiger partial charge in [-0.1, -0.05) is 92.2 Å². The number of ether oxygens (including phenoxy) is 2. The molecular weight excluding hydrogens is 508 g/mol. The van der Waals surface area contributed by atoms with Gasteiger partial charge < -0.3 is 14.0 Å². The molecule has 5 rings (SSSR count). The summed E-state index contributed by atoms with van der Waals surface area (Å²) in [5, 5.41) is 0. The van der Waals surface area contributed by atoms with Gasteiger partial charge in [0.2, 0.25) is 0 Å². The molecule has 4 aromatic carbocycles. The molecule has 210 valence electrons. The fourth-order valence-electron chi connectivity index (χ4n) is 4.97. The van der Waals surface area contributed by atoms with E-state index in [1.54, 1.807) is 0 Å². The number of carbonyl (C=O) groups is 1. The molecule has 0 radical (unpaired) electrons. The number of esters is 1. The monoisotopic (exact) mass is 546 g/mol. The van der Waals surface area contributed by atoms with Gasteiger partial charge in [0.05, 0.1) is 11.1 Å². The molecule has 5 nitrogen and oxygen atoms in total. The number of rotatable bonds is 10. The van der Waals surface area contributed by atoms with Crippen LogP contribution in [0.2, 0.25) is 0 Å². The van der Waals surface area contributed by atoms with Gasteiger partial charge in [-0.3, -0.25) is 0 Å². The van der Waals surface area contributed by atoms with Crippen molar-refractivity contribution in [3.63, 3.8) is 0 Å². The fourth-order valence-corrected chi connectivity index (χ4v) is 4.97. The van der Waals surface area contributed by atoms with Gasteiger partial charge in [0, 0.05) is 13.0 Å². The molecule has 0 aliphatic heterocycles. The maximum Gasteiger partial charge on any atom is 0.339 e. The van der Waals surface area contributed by atoms with E-state index < -0.39 is 5.60 Å². The van der Waals surface area contributed by atoms with Crippen molar-refractivity contribution in [2.45, 2.75) is 65.7 Å². The van der Waals surface area contributed by atoms with Crippen LogP contribution in [0.25, 0.3) is 22.2 Å². The molecule has 5 heteroatoms. The second-order valence-electron chi connectivity index (χ2n) is 11.4. The zero-order chi connectivity index (χ0) is 28.8. The molecule has 0 unspecified atom stereocenters. The van der Waals surface area contributed by atoms with Crippen LogP contribution >= 0.6 is 0 Å². The van der Waals surface area contributed by atoms with E-state index in [-0.39, 0.29) is 5.97 Å². The topological polar surface area (TPSA) is 53.4 Å². The Kier molecular flexibility index (Phi) is 8.53. The van der Waals surface area contributed by atoms with Gasteiger partial charge >= 0.3 is 5.97 Å². The lowest BCUT2D eigenvalue weighted by molar-refractivity contribution is 0.00704. The van der Waals surface area contributed by atoms with E-state index in [9.17, 15) is 4.79 Å². The third-order valence-corrected chi connectivity index (χ3v) is 6.95. The van der Waals surface area contributed by atoms with Gasteiger partial charge in [-0.25, -0.2) is 9.78 Å². The standard InChI is InChI=1S/C36H38N2O3/c1-5-6-19-33-37-31-17-12-18-32(40-25-27-13-8-7-9-14-27)34(31)38(33)24-26-20-22-28(23-21-26)29-15-10-11-16-30(29)35(39)41-36(2,3)4/h7-18,20-23H,5-6,19,24-25H2,1-4H3. The molecule has 5 aromatic rings. The highest BCUT2D eigenvalue weighted by Crippen LogP contribution is 2.30. The first-order chi connectivity index (χ1) is 19.8. The number of unbranched alkanes of at least 4 members (excludes halogenated alkanes) is 1. The second kappa shape index (κ2) is 12.4. The SMILES string of the molecule is CCCCc1nc2cccc(OCc3ccccc3)c2n1Cc1ccc(-c2ccccc2C(=O)OC(C)(C)C)cc1. The molecule has 0 aliphatic rings. The number of nitrogens with zero attached hydrogens (tertiary/aromatic N) is 2. The Labute approximate surface area is 242 Å². The molecule has 0 saturated heterocycles. The average molecular weight is 547 g/mol. The minimum atomic E-state index is -0.555. The summed E-state index contributed by atoms with van der Waals surface area (Å²) >= 11 is 0. The summed E-state index contributed by atoms with van der Waals surface area (Å²) < 4.78 is 14.3. The van der Waals surface area contributed by atoms with Crippen molar-refractivity contribution in [3.8, 4) is 16.9 Å². The molecule has 0 N–H and O–H groups in total. The van der Waals surface area contributed by atoms with Crippen LogP contribution in [0.3, 0.4) is 0 Å².